The number of sulfonamides is 1. The molecule has 1 aliphatic rings. The molecule has 1 heterocycles. The summed E-state index contributed by atoms with van der Waals surface area (Å²) in [7, 11) is -2.22. The van der Waals surface area contributed by atoms with Crippen LogP contribution in [-0.4, -0.2) is 34.6 Å². The van der Waals surface area contributed by atoms with Crippen molar-refractivity contribution in [1.29, 1.82) is 0 Å². The summed E-state index contributed by atoms with van der Waals surface area (Å²) in [6, 6.07) is 19.2. The van der Waals surface area contributed by atoms with E-state index in [0.29, 0.717) is 29.4 Å². The zero-order chi connectivity index (χ0) is 23.4. The summed E-state index contributed by atoms with van der Waals surface area (Å²) in [6.07, 6.45) is 1.49. The van der Waals surface area contributed by atoms with E-state index in [4.69, 9.17) is 9.47 Å². The lowest BCUT2D eigenvalue weighted by Crippen LogP contribution is -2.35. The van der Waals surface area contributed by atoms with E-state index in [2.05, 4.69) is 5.32 Å². The first-order valence-electron chi connectivity index (χ1n) is 10.7. The Morgan fingerprint density at radius 3 is 2.55 bits per heavy atom. The number of rotatable bonds is 7. The van der Waals surface area contributed by atoms with E-state index in [1.807, 2.05) is 31.2 Å². The largest absolute Gasteiger partial charge is 0.497 e. The number of hydrogen-bond acceptors (Lipinski definition) is 5. The van der Waals surface area contributed by atoms with Gasteiger partial charge in [-0.15, -0.1) is 0 Å². The molecule has 33 heavy (non-hydrogen) atoms. The maximum atomic E-state index is 13.3. The molecule has 4 rings (SSSR count). The summed E-state index contributed by atoms with van der Waals surface area (Å²) in [4.78, 5) is 12.6. The van der Waals surface area contributed by atoms with Gasteiger partial charge in [0.05, 0.1) is 17.7 Å². The van der Waals surface area contributed by atoms with Crippen LogP contribution in [0.2, 0.25) is 0 Å². The molecule has 3 aromatic rings. The molecule has 8 heteroatoms. The van der Waals surface area contributed by atoms with Crippen molar-refractivity contribution in [2.24, 2.45) is 0 Å². The number of fused-ring (bicyclic) bond motifs is 1. The zero-order valence-corrected chi connectivity index (χ0v) is 19.4. The molecule has 0 aromatic heterocycles. The maximum absolute atomic E-state index is 13.3. The van der Waals surface area contributed by atoms with Gasteiger partial charge in [-0.25, -0.2) is 8.42 Å². The van der Waals surface area contributed by atoms with Gasteiger partial charge >= 0.3 is 0 Å². The molecule has 0 unspecified atom stereocenters. The number of carbonyl (C=O) groups is 1. The monoisotopic (exact) mass is 466 g/mol. The molecular formula is C25H26N2O5S. The average molecular weight is 467 g/mol. The van der Waals surface area contributed by atoms with Crippen LogP contribution in [0.25, 0.3) is 0 Å². The van der Waals surface area contributed by atoms with Crippen LogP contribution in [0.4, 0.5) is 11.4 Å². The van der Waals surface area contributed by atoms with Crippen molar-refractivity contribution in [3.05, 3.63) is 77.9 Å². The van der Waals surface area contributed by atoms with Crippen LogP contribution in [0.5, 0.6) is 11.5 Å². The number of hydrogen-bond donors (Lipinski definition) is 1. The highest BCUT2D eigenvalue weighted by atomic mass is 32.2. The van der Waals surface area contributed by atoms with Crippen molar-refractivity contribution in [2.75, 3.05) is 29.9 Å². The van der Waals surface area contributed by atoms with Crippen LogP contribution in [-0.2, 0) is 21.2 Å². The molecule has 7 nitrogen and oxygen atoms in total. The van der Waals surface area contributed by atoms with Crippen molar-refractivity contribution in [3.8, 4) is 11.5 Å². The summed E-state index contributed by atoms with van der Waals surface area (Å²) in [6.45, 7) is 2.18. The van der Waals surface area contributed by atoms with Gasteiger partial charge in [0.15, 0.2) is 6.61 Å². The number of nitrogens with one attached hydrogen (secondary N) is 1. The third-order valence-corrected chi connectivity index (χ3v) is 7.28. The van der Waals surface area contributed by atoms with Gasteiger partial charge < -0.3 is 14.8 Å². The first-order chi connectivity index (χ1) is 15.9. The van der Waals surface area contributed by atoms with E-state index in [0.717, 1.165) is 24.0 Å². The second kappa shape index (κ2) is 9.54. The minimum absolute atomic E-state index is 0.144. The van der Waals surface area contributed by atoms with E-state index in [1.165, 1.54) is 23.5 Å². The first-order valence-corrected chi connectivity index (χ1v) is 12.1. The molecule has 0 spiro atoms. The summed E-state index contributed by atoms with van der Waals surface area (Å²) >= 11 is 0. The van der Waals surface area contributed by atoms with Crippen molar-refractivity contribution in [2.45, 2.75) is 24.7 Å². The number of amides is 1. The highest BCUT2D eigenvalue weighted by Crippen LogP contribution is 2.34. The summed E-state index contributed by atoms with van der Waals surface area (Å²) in [5, 5.41) is 2.80. The fourth-order valence-corrected chi connectivity index (χ4v) is 5.33. The van der Waals surface area contributed by atoms with Crippen LogP contribution < -0.4 is 19.1 Å². The van der Waals surface area contributed by atoms with Crippen molar-refractivity contribution < 1.29 is 22.7 Å². The topological polar surface area (TPSA) is 84.9 Å². The van der Waals surface area contributed by atoms with Gasteiger partial charge in [0.1, 0.15) is 11.5 Å². The molecule has 172 valence electrons. The fourth-order valence-electron chi connectivity index (χ4n) is 3.79. The molecule has 0 saturated carbocycles. The van der Waals surface area contributed by atoms with Gasteiger partial charge in [0.2, 0.25) is 0 Å². The molecule has 0 aliphatic carbocycles. The highest BCUT2D eigenvalue weighted by molar-refractivity contribution is 7.92. The smallest absolute Gasteiger partial charge is 0.264 e. The molecule has 0 radical (unpaired) electrons. The van der Waals surface area contributed by atoms with Crippen LogP contribution >= 0.6 is 0 Å². The lowest BCUT2D eigenvalue weighted by molar-refractivity contribution is -0.118. The van der Waals surface area contributed by atoms with E-state index >= 15 is 0 Å². The number of nitrogens with zero attached hydrogens (tertiary/aromatic N) is 1. The lowest BCUT2D eigenvalue weighted by atomic mass is 10.0. The lowest BCUT2D eigenvalue weighted by Gasteiger charge is -2.31. The Labute approximate surface area is 194 Å². The number of ether oxygens (including phenoxy) is 2. The standard InChI is InChI=1S/C25H26N2O5S/c1-18-5-3-7-22(15-18)32-17-25(28)26-20-9-8-19-6-4-14-27(24(19)16-20)33(29,30)23-12-10-21(31-2)11-13-23/h3,5,7-13,15-16H,4,6,14,17H2,1-2H3,(H,26,28). The highest BCUT2D eigenvalue weighted by Gasteiger charge is 2.29. The van der Waals surface area contributed by atoms with Gasteiger partial charge in [-0.2, -0.15) is 0 Å². The predicted molar refractivity (Wildman–Crippen MR) is 128 cm³/mol. The first kappa shape index (κ1) is 22.7. The molecule has 1 N–H and O–H groups in total. The minimum Gasteiger partial charge on any atom is -0.497 e. The second-order valence-electron chi connectivity index (χ2n) is 7.85. The Balaban J connectivity index is 1.52. The van der Waals surface area contributed by atoms with Gasteiger partial charge in [-0.05, 0) is 79.4 Å². The Morgan fingerprint density at radius 2 is 1.82 bits per heavy atom. The third kappa shape index (κ3) is 5.12. The Kier molecular flexibility index (Phi) is 6.55. The van der Waals surface area contributed by atoms with Crippen LogP contribution in [0, 0.1) is 6.92 Å². The van der Waals surface area contributed by atoms with E-state index in [1.54, 1.807) is 30.3 Å². The van der Waals surface area contributed by atoms with E-state index < -0.39 is 10.0 Å². The van der Waals surface area contributed by atoms with E-state index in [-0.39, 0.29) is 17.4 Å². The number of aryl methyl sites for hydroxylation is 2. The predicted octanol–water partition coefficient (Wildman–Crippen LogP) is 4.16. The molecule has 0 fully saturated rings. The van der Waals surface area contributed by atoms with Gasteiger partial charge in [0, 0.05) is 12.2 Å². The summed E-state index contributed by atoms with van der Waals surface area (Å²) in [5.41, 5.74) is 3.06. The van der Waals surface area contributed by atoms with Crippen LogP contribution in [0.3, 0.4) is 0 Å². The Hall–Kier alpha value is -3.52. The van der Waals surface area contributed by atoms with E-state index in [9.17, 15) is 13.2 Å². The number of methoxy groups -OCH3 is 1. The average Bonchev–Trinajstić information content (AvgIpc) is 2.82. The molecule has 0 saturated heterocycles. The molecule has 0 bridgehead atoms. The SMILES string of the molecule is COc1ccc(S(=O)(=O)N2CCCc3ccc(NC(=O)COc4cccc(C)c4)cc32)cc1. The Bertz CT molecular complexity index is 1260. The number of anilines is 2. The second-order valence-corrected chi connectivity index (χ2v) is 9.72. The quantitative estimate of drug-likeness (QED) is 0.565. The number of carbonyl (C=O) groups excluding carboxylic acids is 1. The van der Waals surface area contributed by atoms with Crippen molar-refractivity contribution in [1.82, 2.24) is 0 Å². The third-order valence-electron chi connectivity index (χ3n) is 5.45. The van der Waals surface area contributed by atoms with Gasteiger partial charge in [-0.1, -0.05) is 18.2 Å². The fraction of sp³-hybridized carbons (Fsp3) is 0.240. The zero-order valence-electron chi connectivity index (χ0n) is 18.6. The van der Waals surface area contributed by atoms with Crippen molar-refractivity contribution in [3.63, 3.8) is 0 Å². The Morgan fingerprint density at radius 1 is 1.03 bits per heavy atom. The van der Waals surface area contributed by atoms with Gasteiger partial charge in [0.25, 0.3) is 15.9 Å². The van der Waals surface area contributed by atoms with Gasteiger partial charge in [-0.3, -0.25) is 9.10 Å². The summed E-state index contributed by atoms with van der Waals surface area (Å²) in [5.74, 6) is 0.884. The minimum atomic E-state index is -3.76. The molecule has 0 atom stereocenters. The van der Waals surface area contributed by atoms with Crippen molar-refractivity contribution >= 4 is 27.3 Å². The molecule has 1 aliphatic heterocycles. The molecular weight excluding hydrogens is 440 g/mol. The summed E-state index contributed by atoms with van der Waals surface area (Å²) < 4.78 is 38.8. The maximum Gasteiger partial charge on any atom is 0.264 e. The normalized spacial score (nSPS) is 13.2. The molecule has 3 aromatic carbocycles. The number of benzene rings is 3. The van der Waals surface area contributed by atoms with Crippen LogP contribution in [0.15, 0.2) is 71.6 Å². The molecule has 1 amide bonds. The van der Waals surface area contributed by atoms with Crippen LogP contribution in [0.1, 0.15) is 17.5 Å².